The number of rotatable bonds is 7. The standard InChI is InChI=1S/C21H36N2O5/c1-9-10-11-26-17(14(2)3)21(13-22)18(27-16(5)24)15(4)12-23(21)19(25)28-20(6,7)8/h14-15,17-18H,9-12H2,1-8H3/t15-,17-,18+,21+/m0/s1. The zero-order chi connectivity index (χ0) is 21.7. The number of carbonyl (C=O) groups excluding carboxylic acids is 2. The Morgan fingerprint density at radius 2 is 1.93 bits per heavy atom. The number of carbonyl (C=O) groups is 2. The highest BCUT2D eigenvalue weighted by molar-refractivity contribution is 5.72. The Morgan fingerprint density at radius 1 is 1.32 bits per heavy atom. The fourth-order valence-electron chi connectivity index (χ4n) is 3.73. The molecule has 0 aromatic carbocycles. The predicted molar refractivity (Wildman–Crippen MR) is 105 cm³/mol. The van der Waals surface area contributed by atoms with Crippen molar-refractivity contribution in [2.24, 2.45) is 11.8 Å². The second kappa shape index (κ2) is 9.60. The van der Waals surface area contributed by atoms with Crippen LogP contribution in [0.3, 0.4) is 0 Å². The molecule has 1 aliphatic rings. The Bertz CT molecular complexity index is 593. The average Bonchev–Trinajstić information content (AvgIpc) is 2.83. The number of nitriles is 1. The number of hydrogen-bond acceptors (Lipinski definition) is 6. The van der Waals surface area contributed by atoms with Gasteiger partial charge in [0.05, 0.1) is 6.07 Å². The summed E-state index contributed by atoms with van der Waals surface area (Å²) >= 11 is 0. The molecule has 0 N–H and O–H groups in total. The van der Waals surface area contributed by atoms with E-state index in [9.17, 15) is 14.9 Å². The fourth-order valence-corrected chi connectivity index (χ4v) is 3.73. The van der Waals surface area contributed by atoms with Crippen LogP contribution in [0.2, 0.25) is 0 Å². The van der Waals surface area contributed by atoms with Crippen LogP contribution in [0.15, 0.2) is 0 Å². The van der Waals surface area contributed by atoms with Crippen LogP contribution in [-0.2, 0) is 19.0 Å². The van der Waals surface area contributed by atoms with Crippen LogP contribution < -0.4 is 0 Å². The van der Waals surface area contributed by atoms with Crippen LogP contribution in [0.5, 0.6) is 0 Å². The molecular formula is C21H36N2O5. The van der Waals surface area contributed by atoms with E-state index in [2.05, 4.69) is 13.0 Å². The maximum absolute atomic E-state index is 13.0. The molecule has 0 saturated carbocycles. The van der Waals surface area contributed by atoms with Gasteiger partial charge < -0.3 is 14.2 Å². The minimum absolute atomic E-state index is 0.0789. The number of nitrogens with zero attached hydrogens (tertiary/aromatic N) is 2. The maximum Gasteiger partial charge on any atom is 0.411 e. The minimum Gasteiger partial charge on any atom is -0.458 e. The van der Waals surface area contributed by atoms with Gasteiger partial charge in [-0.15, -0.1) is 0 Å². The Kier molecular flexibility index (Phi) is 8.30. The Labute approximate surface area is 169 Å². The van der Waals surface area contributed by atoms with Crippen molar-refractivity contribution >= 4 is 12.1 Å². The molecule has 0 aromatic heterocycles. The van der Waals surface area contributed by atoms with Gasteiger partial charge in [0, 0.05) is 26.0 Å². The van der Waals surface area contributed by atoms with E-state index in [1.54, 1.807) is 20.8 Å². The molecule has 1 fully saturated rings. The number of esters is 1. The van der Waals surface area contributed by atoms with Gasteiger partial charge in [0.2, 0.25) is 0 Å². The van der Waals surface area contributed by atoms with E-state index in [0.717, 1.165) is 12.8 Å². The van der Waals surface area contributed by atoms with Gasteiger partial charge in [-0.1, -0.05) is 34.1 Å². The van der Waals surface area contributed by atoms with Gasteiger partial charge in [0.1, 0.15) is 17.8 Å². The first-order valence-corrected chi connectivity index (χ1v) is 10.1. The van der Waals surface area contributed by atoms with Crippen molar-refractivity contribution in [1.82, 2.24) is 4.90 Å². The molecule has 0 aliphatic carbocycles. The zero-order valence-electron chi connectivity index (χ0n) is 18.6. The first-order chi connectivity index (χ1) is 12.9. The van der Waals surface area contributed by atoms with E-state index in [-0.39, 0.29) is 18.4 Å². The molecule has 4 atom stereocenters. The topological polar surface area (TPSA) is 88.9 Å². The highest BCUT2D eigenvalue weighted by Crippen LogP contribution is 2.42. The Balaban J connectivity index is 3.45. The Morgan fingerprint density at radius 3 is 2.36 bits per heavy atom. The molecule has 1 heterocycles. The lowest BCUT2D eigenvalue weighted by atomic mass is 9.80. The Hall–Kier alpha value is -1.81. The van der Waals surface area contributed by atoms with E-state index in [0.29, 0.717) is 6.61 Å². The van der Waals surface area contributed by atoms with E-state index < -0.39 is 35.4 Å². The molecule has 0 aromatic rings. The van der Waals surface area contributed by atoms with Gasteiger partial charge in [-0.25, -0.2) is 4.79 Å². The van der Waals surface area contributed by atoms with Crippen molar-refractivity contribution in [2.45, 2.75) is 91.6 Å². The summed E-state index contributed by atoms with van der Waals surface area (Å²) < 4.78 is 17.3. The van der Waals surface area contributed by atoms with Crippen molar-refractivity contribution in [2.75, 3.05) is 13.2 Å². The highest BCUT2D eigenvalue weighted by atomic mass is 16.6. The lowest BCUT2D eigenvalue weighted by molar-refractivity contribution is -0.158. The first-order valence-electron chi connectivity index (χ1n) is 10.1. The molecule has 1 aliphatic heterocycles. The third-order valence-corrected chi connectivity index (χ3v) is 4.79. The molecule has 1 rings (SSSR count). The third-order valence-electron chi connectivity index (χ3n) is 4.79. The molecule has 1 amide bonds. The lowest BCUT2D eigenvalue weighted by Crippen LogP contribution is -2.63. The van der Waals surface area contributed by atoms with Gasteiger partial charge in [0.15, 0.2) is 5.54 Å². The third kappa shape index (κ3) is 5.38. The highest BCUT2D eigenvalue weighted by Gasteiger charge is 2.63. The SMILES string of the molecule is CCCCO[C@@H](C(C)C)[C@]1(C#N)[C@H](OC(C)=O)[C@@H](C)CN1C(=O)OC(C)(C)C. The quantitative estimate of drug-likeness (QED) is 0.479. The molecular weight excluding hydrogens is 360 g/mol. The van der Waals surface area contributed by atoms with Gasteiger partial charge in [-0.3, -0.25) is 9.69 Å². The fraction of sp³-hybridized carbons (Fsp3) is 0.857. The summed E-state index contributed by atoms with van der Waals surface area (Å²) in [5, 5.41) is 10.3. The van der Waals surface area contributed by atoms with E-state index in [4.69, 9.17) is 14.2 Å². The molecule has 28 heavy (non-hydrogen) atoms. The molecule has 160 valence electrons. The van der Waals surface area contributed by atoms with Crippen LogP contribution >= 0.6 is 0 Å². The first kappa shape index (κ1) is 24.2. The van der Waals surface area contributed by atoms with Crippen molar-refractivity contribution in [3.05, 3.63) is 0 Å². The molecule has 0 radical (unpaired) electrons. The molecule has 0 bridgehead atoms. The smallest absolute Gasteiger partial charge is 0.411 e. The summed E-state index contributed by atoms with van der Waals surface area (Å²) in [5.41, 5.74) is -2.16. The second-order valence-corrected chi connectivity index (χ2v) is 8.92. The van der Waals surface area contributed by atoms with Crippen LogP contribution in [0.25, 0.3) is 0 Å². The average molecular weight is 397 g/mol. The lowest BCUT2D eigenvalue weighted by Gasteiger charge is -2.43. The number of ether oxygens (including phenoxy) is 3. The monoisotopic (exact) mass is 396 g/mol. The maximum atomic E-state index is 13.0. The zero-order valence-corrected chi connectivity index (χ0v) is 18.6. The normalized spacial score (nSPS) is 26.1. The van der Waals surface area contributed by atoms with Crippen LogP contribution in [0.4, 0.5) is 4.79 Å². The molecule has 0 spiro atoms. The van der Waals surface area contributed by atoms with E-state index in [1.807, 2.05) is 20.8 Å². The van der Waals surface area contributed by atoms with Gasteiger partial charge in [0.25, 0.3) is 0 Å². The molecule has 1 saturated heterocycles. The second-order valence-electron chi connectivity index (χ2n) is 8.92. The molecule has 7 heteroatoms. The number of unbranched alkanes of at least 4 members (excludes halogenated alkanes) is 1. The molecule has 0 unspecified atom stereocenters. The summed E-state index contributed by atoms with van der Waals surface area (Å²) in [4.78, 5) is 26.2. The predicted octanol–water partition coefficient (Wildman–Crippen LogP) is 3.91. The van der Waals surface area contributed by atoms with E-state index in [1.165, 1.54) is 11.8 Å². The van der Waals surface area contributed by atoms with Crippen molar-refractivity contribution in [1.29, 1.82) is 5.26 Å². The molecule has 7 nitrogen and oxygen atoms in total. The summed E-state index contributed by atoms with van der Waals surface area (Å²) in [6.45, 7) is 15.2. The van der Waals surface area contributed by atoms with Crippen LogP contribution in [-0.4, -0.2) is 53.5 Å². The summed E-state index contributed by atoms with van der Waals surface area (Å²) in [5.74, 6) is -0.796. The van der Waals surface area contributed by atoms with Crippen LogP contribution in [0, 0.1) is 23.2 Å². The summed E-state index contributed by atoms with van der Waals surface area (Å²) in [6, 6.07) is 2.31. The van der Waals surface area contributed by atoms with Crippen molar-refractivity contribution in [3.8, 4) is 6.07 Å². The largest absolute Gasteiger partial charge is 0.458 e. The number of amides is 1. The minimum atomic E-state index is -1.45. The van der Waals surface area contributed by atoms with Crippen molar-refractivity contribution in [3.63, 3.8) is 0 Å². The number of likely N-dealkylation sites (tertiary alicyclic amines) is 1. The van der Waals surface area contributed by atoms with Crippen LogP contribution in [0.1, 0.15) is 68.2 Å². The summed E-state index contributed by atoms with van der Waals surface area (Å²) in [7, 11) is 0. The van der Waals surface area contributed by atoms with Gasteiger partial charge in [-0.2, -0.15) is 5.26 Å². The van der Waals surface area contributed by atoms with Crippen molar-refractivity contribution < 1.29 is 23.8 Å². The summed E-state index contributed by atoms with van der Waals surface area (Å²) in [6.07, 6.45) is -0.225. The van der Waals surface area contributed by atoms with Gasteiger partial charge >= 0.3 is 12.1 Å². The number of hydrogen-bond donors (Lipinski definition) is 0. The van der Waals surface area contributed by atoms with Gasteiger partial charge in [-0.05, 0) is 33.1 Å². The van der Waals surface area contributed by atoms with E-state index >= 15 is 0 Å².